The smallest absolute Gasteiger partial charge is 0.334 e. The van der Waals surface area contributed by atoms with Gasteiger partial charge in [-0.15, -0.1) is 0 Å². The maximum absolute atomic E-state index is 10.8. The normalized spacial score (nSPS) is 12.2. The molecule has 1 unspecified atom stereocenters. The minimum Gasteiger partial charge on any atom is -0.479 e. The van der Waals surface area contributed by atoms with E-state index >= 15 is 0 Å². The lowest BCUT2D eigenvalue weighted by Crippen LogP contribution is -2.25. The topological polar surface area (TPSA) is 113 Å². The minimum atomic E-state index is -1.49. The van der Waals surface area contributed by atoms with Crippen molar-refractivity contribution in [2.75, 3.05) is 5.32 Å². The number of aromatic nitrogens is 4. The Bertz CT molecular complexity index is 983. The van der Waals surface area contributed by atoms with E-state index in [-0.39, 0.29) is 6.54 Å². The van der Waals surface area contributed by atoms with Gasteiger partial charge in [0.1, 0.15) is 0 Å². The van der Waals surface area contributed by atoms with Crippen molar-refractivity contribution in [2.24, 2.45) is 0 Å². The van der Waals surface area contributed by atoms with Crippen molar-refractivity contribution in [3.8, 4) is 11.1 Å². The molecule has 8 heteroatoms. The fourth-order valence-corrected chi connectivity index (χ4v) is 2.77. The van der Waals surface area contributed by atoms with Crippen LogP contribution in [0.4, 0.5) is 11.6 Å². The van der Waals surface area contributed by atoms with E-state index in [1.54, 1.807) is 18.6 Å². The number of hydrogen-bond acceptors (Lipinski definition) is 6. The highest BCUT2D eigenvalue weighted by molar-refractivity contribution is 5.72. The van der Waals surface area contributed by atoms with Crippen LogP contribution in [0.2, 0.25) is 0 Å². The molecule has 0 aliphatic rings. The van der Waals surface area contributed by atoms with Crippen molar-refractivity contribution in [3.63, 3.8) is 0 Å². The van der Waals surface area contributed by atoms with Gasteiger partial charge in [-0.1, -0.05) is 19.9 Å². The van der Waals surface area contributed by atoms with E-state index in [0.717, 1.165) is 28.1 Å². The van der Waals surface area contributed by atoms with Gasteiger partial charge in [-0.25, -0.2) is 14.8 Å². The first-order valence-electron chi connectivity index (χ1n) is 8.97. The van der Waals surface area contributed by atoms with Crippen LogP contribution in [0.3, 0.4) is 0 Å². The number of anilines is 2. The molecule has 0 amide bonds. The lowest BCUT2D eigenvalue weighted by Gasteiger charge is -2.10. The van der Waals surface area contributed by atoms with E-state index < -0.39 is 12.1 Å². The van der Waals surface area contributed by atoms with Crippen LogP contribution in [0.25, 0.3) is 11.1 Å². The van der Waals surface area contributed by atoms with Crippen LogP contribution in [0, 0.1) is 6.92 Å². The summed E-state index contributed by atoms with van der Waals surface area (Å²) in [6.07, 6.45) is 3.59. The van der Waals surface area contributed by atoms with Gasteiger partial charge in [-0.3, -0.25) is 4.68 Å². The zero-order chi connectivity index (χ0) is 20.3. The van der Waals surface area contributed by atoms with Gasteiger partial charge >= 0.3 is 5.97 Å². The monoisotopic (exact) mass is 381 g/mol. The van der Waals surface area contributed by atoms with Crippen LogP contribution < -0.4 is 5.32 Å². The SMILES string of the molecule is Cc1cc(Nc2nccc(C(C)C)n2)cc(-c2cnn(CC(O)C(=O)O)c2)c1. The first-order valence-corrected chi connectivity index (χ1v) is 8.97. The third-order valence-electron chi connectivity index (χ3n) is 4.21. The van der Waals surface area contributed by atoms with Gasteiger partial charge in [0.2, 0.25) is 5.95 Å². The minimum absolute atomic E-state index is 0.109. The van der Waals surface area contributed by atoms with Gasteiger partial charge in [-0.2, -0.15) is 5.10 Å². The molecule has 0 bridgehead atoms. The Morgan fingerprint density at radius 2 is 2.04 bits per heavy atom. The molecule has 1 atom stereocenters. The van der Waals surface area contributed by atoms with Crippen molar-refractivity contribution in [1.29, 1.82) is 0 Å². The molecule has 2 heterocycles. The summed E-state index contributed by atoms with van der Waals surface area (Å²) in [5.74, 6) is -0.436. The number of aliphatic hydroxyl groups excluding tert-OH is 1. The molecule has 3 rings (SSSR count). The van der Waals surface area contributed by atoms with Crippen LogP contribution in [-0.4, -0.2) is 42.0 Å². The lowest BCUT2D eigenvalue weighted by molar-refractivity contribution is -0.147. The summed E-state index contributed by atoms with van der Waals surface area (Å²) in [5, 5.41) is 25.7. The second-order valence-electron chi connectivity index (χ2n) is 6.98. The fraction of sp³-hybridized carbons (Fsp3) is 0.300. The molecule has 1 aromatic carbocycles. The largest absolute Gasteiger partial charge is 0.479 e. The van der Waals surface area contributed by atoms with E-state index in [0.29, 0.717) is 11.9 Å². The molecule has 0 aliphatic carbocycles. The third kappa shape index (κ3) is 4.72. The molecule has 3 N–H and O–H groups in total. The fourth-order valence-electron chi connectivity index (χ4n) is 2.77. The molecule has 0 aliphatic heterocycles. The molecule has 3 aromatic rings. The molecule has 8 nitrogen and oxygen atoms in total. The molecule has 0 fully saturated rings. The number of hydrogen-bond donors (Lipinski definition) is 3. The van der Waals surface area contributed by atoms with Gasteiger partial charge in [-0.05, 0) is 42.2 Å². The molecule has 2 aromatic heterocycles. The number of carboxylic acid groups (broad SMARTS) is 1. The Hall–Kier alpha value is -3.26. The molecule has 0 saturated carbocycles. The average molecular weight is 381 g/mol. The number of carbonyl (C=O) groups is 1. The zero-order valence-corrected chi connectivity index (χ0v) is 16.0. The van der Waals surface area contributed by atoms with Crippen LogP contribution in [-0.2, 0) is 11.3 Å². The number of benzene rings is 1. The first-order chi connectivity index (χ1) is 13.3. The molecule has 0 spiro atoms. The quantitative estimate of drug-likeness (QED) is 0.576. The highest BCUT2D eigenvalue weighted by Gasteiger charge is 2.15. The Morgan fingerprint density at radius 1 is 1.25 bits per heavy atom. The first kappa shape index (κ1) is 19.5. The molecule has 28 heavy (non-hydrogen) atoms. The summed E-state index contributed by atoms with van der Waals surface area (Å²) in [6.45, 7) is 6.03. The zero-order valence-electron chi connectivity index (χ0n) is 16.0. The molecule has 0 saturated heterocycles. The maximum atomic E-state index is 10.8. The van der Waals surface area contributed by atoms with E-state index in [9.17, 15) is 9.90 Å². The summed E-state index contributed by atoms with van der Waals surface area (Å²) >= 11 is 0. The highest BCUT2D eigenvalue weighted by Crippen LogP contribution is 2.26. The summed E-state index contributed by atoms with van der Waals surface area (Å²) < 4.78 is 1.42. The maximum Gasteiger partial charge on any atom is 0.334 e. The summed E-state index contributed by atoms with van der Waals surface area (Å²) in [4.78, 5) is 19.6. The second-order valence-corrected chi connectivity index (χ2v) is 6.98. The van der Waals surface area contributed by atoms with Crippen molar-refractivity contribution in [3.05, 3.63) is 54.1 Å². The number of nitrogens with one attached hydrogen (secondary N) is 1. The van der Waals surface area contributed by atoms with E-state index in [1.807, 2.05) is 31.2 Å². The second kappa shape index (κ2) is 8.18. The molecular weight excluding hydrogens is 358 g/mol. The van der Waals surface area contributed by atoms with Gasteiger partial charge < -0.3 is 15.5 Å². The van der Waals surface area contributed by atoms with E-state index in [1.165, 1.54) is 4.68 Å². The summed E-state index contributed by atoms with van der Waals surface area (Å²) in [5.41, 5.74) is 4.58. The summed E-state index contributed by atoms with van der Waals surface area (Å²) in [7, 11) is 0. The van der Waals surface area contributed by atoms with Crippen LogP contribution >= 0.6 is 0 Å². The number of carboxylic acids is 1. The average Bonchev–Trinajstić information content (AvgIpc) is 3.10. The molecule has 0 radical (unpaired) electrons. The van der Waals surface area contributed by atoms with Gasteiger partial charge in [0.05, 0.1) is 12.7 Å². The number of aryl methyl sites for hydroxylation is 1. The predicted octanol–water partition coefficient (Wildman–Crippen LogP) is 2.96. The Balaban J connectivity index is 1.83. The lowest BCUT2D eigenvalue weighted by atomic mass is 10.1. The number of nitrogens with zero attached hydrogens (tertiary/aromatic N) is 4. The van der Waals surface area contributed by atoms with Crippen LogP contribution in [0.1, 0.15) is 31.0 Å². The van der Waals surface area contributed by atoms with Gasteiger partial charge in [0.15, 0.2) is 6.10 Å². The Kier molecular flexibility index (Phi) is 5.70. The standard InChI is InChI=1S/C20H23N5O3/c1-12(2)17-4-5-21-20(24-17)23-16-7-13(3)6-14(8-16)15-9-22-25(10-15)11-18(26)19(27)28/h4-10,12,18,26H,11H2,1-3H3,(H,27,28)(H,21,23,24). The number of rotatable bonds is 7. The third-order valence-corrected chi connectivity index (χ3v) is 4.21. The number of aliphatic carboxylic acids is 1. The van der Waals surface area contributed by atoms with E-state index in [2.05, 4.69) is 34.2 Å². The molecule has 146 valence electrons. The summed E-state index contributed by atoms with van der Waals surface area (Å²) in [6, 6.07) is 7.85. The Labute approximate surface area is 162 Å². The van der Waals surface area contributed by atoms with Gasteiger partial charge in [0, 0.05) is 29.3 Å². The van der Waals surface area contributed by atoms with Crippen molar-refractivity contribution >= 4 is 17.6 Å². The van der Waals surface area contributed by atoms with Crippen molar-refractivity contribution < 1.29 is 15.0 Å². The number of aliphatic hydroxyl groups is 1. The highest BCUT2D eigenvalue weighted by atomic mass is 16.4. The van der Waals surface area contributed by atoms with E-state index in [4.69, 9.17) is 5.11 Å². The van der Waals surface area contributed by atoms with Gasteiger partial charge in [0.25, 0.3) is 0 Å². The van der Waals surface area contributed by atoms with Crippen LogP contribution in [0.15, 0.2) is 42.9 Å². The predicted molar refractivity (Wildman–Crippen MR) is 105 cm³/mol. The van der Waals surface area contributed by atoms with Crippen molar-refractivity contribution in [2.45, 2.75) is 39.3 Å². The van der Waals surface area contributed by atoms with Crippen molar-refractivity contribution in [1.82, 2.24) is 19.7 Å². The molecular formula is C20H23N5O3. The Morgan fingerprint density at radius 3 is 2.75 bits per heavy atom. The van der Waals surface area contributed by atoms with Crippen LogP contribution in [0.5, 0.6) is 0 Å².